The van der Waals surface area contributed by atoms with Crippen molar-refractivity contribution in [3.63, 3.8) is 0 Å². The number of fused-ring (bicyclic) bond motifs is 1. The van der Waals surface area contributed by atoms with E-state index in [1.54, 1.807) is 0 Å². The first kappa shape index (κ1) is 18.6. The molecule has 1 fully saturated rings. The molecule has 1 saturated heterocycles. The van der Waals surface area contributed by atoms with Gasteiger partial charge in [-0.2, -0.15) is 0 Å². The minimum Gasteiger partial charge on any atom is -0.349 e. The van der Waals surface area contributed by atoms with E-state index in [0.29, 0.717) is 19.0 Å². The number of imidazole rings is 1. The molecule has 136 valence electrons. The maximum absolute atomic E-state index is 12.2. The summed E-state index contributed by atoms with van der Waals surface area (Å²) in [4.78, 5) is 16.8. The summed E-state index contributed by atoms with van der Waals surface area (Å²) in [6, 6.07) is 8.47. The fourth-order valence-corrected chi connectivity index (χ4v) is 6.31. The summed E-state index contributed by atoms with van der Waals surface area (Å²) >= 11 is 0. The van der Waals surface area contributed by atoms with E-state index in [1.807, 2.05) is 39.8 Å². The zero-order valence-corrected chi connectivity index (χ0v) is 16.7. The Kier molecular flexibility index (Phi) is 6.70. The normalized spacial score (nSPS) is 17.5. The van der Waals surface area contributed by atoms with Crippen molar-refractivity contribution >= 4 is 38.5 Å². The van der Waals surface area contributed by atoms with E-state index in [1.165, 1.54) is 18.6 Å². The zero-order valence-electron chi connectivity index (χ0n) is 15.0. The van der Waals surface area contributed by atoms with Gasteiger partial charge in [-0.15, -0.1) is 0 Å². The summed E-state index contributed by atoms with van der Waals surface area (Å²) in [7, 11) is 4.01. The molecule has 4 nitrogen and oxygen atoms in total. The van der Waals surface area contributed by atoms with Crippen LogP contribution in [0.15, 0.2) is 24.3 Å². The molecular weight excluding hydrogens is 350 g/mol. The Morgan fingerprint density at radius 2 is 2.20 bits per heavy atom. The highest BCUT2D eigenvalue weighted by Crippen LogP contribution is 2.39. The summed E-state index contributed by atoms with van der Waals surface area (Å²) in [6.07, 6.45) is 5.32. The molecule has 0 radical (unpaired) electrons. The third-order valence-electron chi connectivity index (χ3n) is 4.54. The van der Waals surface area contributed by atoms with Crippen LogP contribution in [0.2, 0.25) is 0 Å². The van der Waals surface area contributed by atoms with Gasteiger partial charge in [-0.25, -0.2) is 4.98 Å². The van der Waals surface area contributed by atoms with Gasteiger partial charge in [0.2, 0.25) is 5.91 Å². The van der Waals surface area contributed by atoms with Gasteiger partial charge in [0.05, 0.1) is 17.6 Å². The van der Waals surface area contributed by atoms with Crippen molar-refractivity contribution in [2.45, 2.75) is 63.8 Å². The molecule has 0 saturated carbocycles. The average molecular weight is 378 g/mol. The summed E-state index contributed by atoms with van der Waals surface area (Å²) in [5.41, 5.74) is 2.13. The molecular formula is C19H27N3OS2. The van der Waals surface area contributed by atoms with E-state index in [9.17, 15) is 4.79 Å². The lowest BCUT2D eigenvalue weighted by Gasteiger charge is -2.13. The molecule has 25 heavy (non-hydrogen) atoms. The SMILES string of the molecule is CC(C)n1c(CNC(=O)CCCC[C@@H]2CCSS2)nc2ccccc21. The Labute approximate surface area is 157 Å². The predicted molar refractivity (Wildman–Crippen MR) is 109 cm³/mol. The first-order chi connectivity index (χ1) is 12.1. The fraction of sp³-hybridized carbons (Fsp3) is 0.579. The summed E-state index contributed by atoms with van der Waals surface area (Å²) in [5.74, 6) is 2.35. The number of nitrogens with zero attached hydrogens (tertiary/aromatic N) is 2. The minimum absolute atomic E-state index is 0.135. The second-order valence-corrected chi connectivity index (χ2v) is 9.62. The average Bonchev–Trinajstić information content (AvgIpc) is 3.23. The maximum Gasteiger partial charge on any atom is 0.220 e. The molecule has 1 amide bonds. The van der Waals surface area contributed by atoms with E-state index in [0.717, 1.165) is 34.9 Å². The molecule has 1 aromatic carbocycles. The third-order valence-corrected chi connectivity index (χ3v) is 7.54. The van der Waals surface area contributed by atoms with E-state index in [2.05, 4.69) is 29.8 Å². The molecule has 1 N–H and O–H groups in total. The molecule has 0 spiro atoms. The topological polar surface area (TPSA) is 46.9 Å². The summed E-state index contributed by atoms with van der Waals surface area (Å²) < 4.78 is 2.21. The predicted octanol–water partition coefficient (Wildman–Crippen LogP) is 4.95. The van der Waals surface area contributed by atoms with Crippen LogP contribution in [0.3, 0.4) is 0 Å². The van der Waals surface area contributed by atoms with Crippen molar-refractivity contribution in [2.24, 2.45) is 0 Å². The van der Waals surface area contributed by atoms with Crippen molar-refractivity contribution in [3.8, 4) is 0 Å². The standard InChI is InChI=1S/C19H27N3OS2/c1-14(2)22-17-9-5-4-8-16(17)21-18(22)13-20-19(23)10-6-3-7-15-11-12-24-25-15/h4-5,8-9,14-15H,3,6-7,10-13H2,1-2H3,(H,20,23)/t15-/m1/s1. The number of nitrogens with one attached hydrogen (secondary N) is 1. The van der Waals surface area contributed by atoms with Crippen LogP contribution in [0.4, 0.5) is 0 Å². The Hall–Kier alpha value is -1.14. The molecule has 0 unspecified atom stereocenters. The quantitative estimate of drug-likeness (QED) is 0.522. The van der Waals surface area contributed by atoms with Crippen molar-refractivity contribution in [1.29, 1.82) is 0 Å². The summed E-state index contributed by atoms with van der Waals surface area (Å²) in [5, 5.41) is 3.86. The van der Waals surface area contributed by atoms with Gasteiger partial charge in [0.15, 0.2) is 0 Å². The van der Waals surface area contributed by atoms with Crippen molar-refractivity contribution in [1.82, 2.24) is 14.9 Å². The van der Waals surface area contributed by atoms with Gasteiger partial charge in [-0.05, 0) is 45.2 Å². The van der Waals surface area contributed by atoms with Crippen LogP contribution in [-0.4, -0.2) is 26.5 Å². The Bertz CT molecular complexity index is 708. The van der Waals surface area contributed by atoms with Gasteiger partial charge in [0.1, 0.15) is 5.82 Å². The fourth-order valence-electron chi connectivity index (χ4n) is 3.28. The number of carbonyl (C=O) groups excluding carboxylic acids is 1. The number of carbonyl (C=O) groups is 1. The van der Waals surface area contributed by atoms with Crippen LogP contribution in [0, 0.1) is 0 Å². The molecule has 1 aromatic heterocycles. The second kappa shape index (κ2) is 8.99. The van der Waals surface area contributed by atoms with Gasteiger partial charge < -0.3 is 9.88 Å². The van der Waals surface area contributed by atoms with E-state index in [-0.39, 0.29) is 5.91 Å². The van der Waals surface area contributed by atoms with Crippen LogP contribution < -0.4 is 5.32 Å². The van der Waals surface area contributed by atoms with E-state index in [4.69, 9.17) is 4.98 Å². The number of amides is 1. The minimum atomic E-state index is 0.135. The Morgan fingerprint density at radius 3 is 2.96 bits per heavy atom. The number of rotatable bonds is 8. The van der Waals surface area contributed by atoms with Gasteiger partial charge in [-0.1, -0.05) is 40.1 Å². The Morgan fingerprint density at radius 1 is 1.36 bits per heavy atom. The second-order valence-electron chi connectivity index (χ2n) is 6.83. The smallest absolute Gasteiger partial charge is 0.220 e. The lowest BCUT2D eigenvalue weighted by molar-refractivity contribution is -0.121. The molecule has 3 rings (SSSR count). The molecule has 1 aliphatic heterocycles. The first-order valence-corrected chi connectivity index (χ1v) is 11.5. The highest BCUT2D eigenvalue weighted by molar-refractivity contribution is 8.77. The van der Waals surface area contributed by atoms with Gasteiger partial charge in [0, 0.05) is 23.5 Å². The number of hydrogen-bond donors (Lipinski definition) is 1. The van der Waals surface area contributed by atoms with Crippen LogP contribution >= 0.6 is 21.6 Å². The Balaban J connectivity index is 1.48. The lowest BCUT2D eigenvalue weighted by Crippen LogP contribution is -2.24. The molecule has 2 aromatic rings. The molecule has 0 aliphatic carbocycles. The first-order valence-electron chi connectivity index (χ1n) is 9.16. The number of unbranched alkanes of at least 4 members (excludes halogenated alkanes) is 1. The molecule has 6 heteroatoms. The number of para-hydroxylation sites is 2. The molecule has 0 bridgehead atoms. The van der Waals surface area contributed by atoms with Crippen LogP contribution in [-0.2, 0) is 11.3 Å². The van der Waals surface area contributed by atoms with Crippen molar-refractivity contribution in [2.75, 3.05) is 5.75 Å². The highest BCUT2D eigenvalue weighted by Gasteiger charge is 2.16. The van der Waals surface area contributed by atoms with Crippen molar-refractivity contribution in [3.05, 3.63) is 30.1 Å². The lowest BCUT2D eigenvalue weighted by atomic mass is 10.1. The maximum atomic E-state index is 12.2. The van der Waals surface area contributed by atoms with Gasteiger partial charge >= 0.3 is 0 Å². The van der Waals surface area contributed by atoms with Crippen LogP contribution in [0.5, 0.6) is 0 Å². The monoisotopic (exact) mass is 377 g/mol. The zero-order chi connectivity index (χ0) is 17.6. The number of hydrogen-bond acceptors (Lipinski definition) is 4. The van der Waals surface area contributed by atoms with Gasteiger partial charge in [-0.3, -0.25) is 4.79 Å². The summed E-state index contributed by atoms with van der Waals surface area (Å²) in [6.45, 7) is 4.80. The van der Waals surface area contributed by atoms with Gasteiger partial charge in [0.25, 0.3) is 0 Å². The molecule has 1 atom stereocenters. The molecule has 2 heterocycles. The van der Waals surface area contributed by atoms with Crippen molar-refractivity contribution < 1.29 is 4.79 Å². The molecule has 1 aliphatic rings. The van der Waals surface area contributed by atoms with E-state index >= 15 is 0 Å². The third kappa shape index (κ3) is 4.94. The number of aromatic nitrogens is 2. The van der Waals surface area contributed by atoms with Crippen LogP contribution in [0.25, 0.3) is 11.0 Å². The number of benzene rings is 1. The highest BCUT2D eigenvalue weighted by atomic mass is 33.1. The largest absolute Gasteiger partial charge is 0.349 e. The van der Waals surface area contributed by atoms with E-state index < -0.39 is 0 Å². The van der Waals surface area contributed by atoms with Crippen LogP contribution in [0.1, 0.15) is 57.8 Å².